The summed E-state index contributed by atoms with van der Waals surface area (Å²) >= 11 is 0. The van der Waals surface area contributed by atoms with Crippen molar-refractivity contribution in [2.24, 2.45) is 0 Å². The summed E-state index contributed by atoms with van der Waals surface area (Å²) in [5, 5.41) is 9.07. The predicted octanol–water partition coefficient (Wildman–Crippen LogP) is 1.05. The van der Waals surface area contributed by atoms with E-state index in [0.717, 1.165) is 0 Å². The second kappa shape index (κ2) is 4.69. The summed E-state index contributed by atoms with van der Waals surface area (Å²) in [6.07, 6.45) is -0.412. The number of carboxylic acid groups (broad SMARTS) is 1. The van der Waals surface area contributed by atoms with E-state index < -0.39 is 11.8 Å². The third-order valence-corrected chi connectivity index (χ3v) is 2.69. The van der Waals surface area contributed by atoms with Crippen LogP contribution in [0.4, 0.5) is 4.79 Å². The van der Waals surface area contributed by atoms with Crippen molar-refractivity contribution in [3.8, 4) is 0 Å². The molecule has 1 amide bonds. The highest BCUT2D eigenvalue weighted by atomic mass is 16.5. The number of carbonyl (C=O) groups excluding carboxylic acids is 1. The van der Waals surface area contributed by atoms with Gasteiger partial charge in [0.1, 0.15) is 5.72 Å². The molecule has 1 saturated heterocycles. The van der Waals surface area contributed by atoms with E-state index in [-0.39, 0.29) is 18.4 Å². The van der Waals surface area contributed by atoms with Crippen molar-refractivity contribution < 1.29 is 24.2 Å². The van der Waals surface area contributed by atoms with Crippen molar-refractivity contribution in [3.63, 3.8) is 0 Å². The molecule has 1 atom stereocenters. The first kappa shape index (κ1) is 12.8. The minimum Gasteiger partial charge on any atom is -0.469 e. The van der Waals surface area contributed by atoms with Crippen LogP contribution in [-0.2, 0) is 14.3 Å². The Morgan fingerprint density at radius 2 is 2.19 bits per heavy atom. The van der Waals surface area contributed by atoms with Crippen LogP contribution in [0.25, 0.3) is 0 Å². The fraction of sp³-hybridized carbons (Fsp3) is 0.800. The molecular formula is C10H17NO5. The quantitative estimate of drug-likeness (QED) is 0.735. The molecule has 1 fully saturated rings. The van der Waals surface area contributed by atoms with Gasteiger partial charge in [-0.05, 0) is 20.3 Å². The van der Waals surface area contributed by atoms with Crippen LogP contribution in [0.2, 0.25) is 0 Å². The first-order valence-electron chi connectivity index (χ1n) is 5.11. The number of amides is 1. The first-order valence-corrected chi connectivity index (χ1v) is 5.11. The maximum Gasteiger partial charge on any atom is 0.409 e. The molecular weight excluding hydrogens is 214 g/mol. The fourth-order valence-corrected chi connectivity index (χ4v) is 1.87. The zero-order valence-corrected chi connectivity index (χ0v) is 9.73. The molecule has 92 valence electrons. The molecule has 0 saturated carbocycles. The number of esters is 1. The molecule has 0 aromatic heterocycles. The van der Waals surface area contributed by atoms with Gasteiger partial charge in [-0.15, -0.1) is 0 Å². The lowest BCUT2D eigenvalue weighted by Gasteiger charge is -2.30. The van der Waals surface area contributed by atoms with Crippen LogP contribution in [0, 0.1) is 0 Å². The average molecular weight is 231 g/mol. The van der Waals surface area contributed by atoms with Crippen LogP contribution in [0.3, 0.4) is 0 Å². The number of nitrogens with zero attached hydrogens (tertiary/aromatic N) is 1. The average Bonchev–Trinajstić information content (AvgIpc) is 2.50. The van der Waals surface area contributed by atoms with Crippen molar-refractivity contribution in [1.29, 1.82) is 0 Å². The van der Waals surface area contributed by atoms with Crippen LogP contribution < -0.4 is 0 Å². The van der Waals surface area contributed by atoms with Crippen LogP contribution in [0.5, 0.6) is 0 Å². The number of methoxy groups -OCH3 is 1. The highest BCUT2D eigenvalue weighted by Crippen LogP contribution is 2.29. The fourth-order valence-electron chi connectivity index (χ4n) is 1.87. The van der Waals surface area contributed by atoms with Gasteiger partial charge < -0.3 is 14.6 Å². The summed E-state index contributed by atoms with van der Waals surface area (Å²) in [6.45, 7) is 3.70. The zero-order chi connectivity index (χ0) is 12.3. The molecule has 1 rings (SSSR count). The van der Waals surface area contributed by atoms with E-state index in [1.165, 1.54) is 12.0 Å². The van der Waals surface area contributed by atoms with Crippen LogP contribution in [0.1, 0.15) is 26.7 Å². The standard InChI is InChI=1S/C10H17NO5/c1-10(2)11(9(13)14)7(6-16-10)4-5-8(12)15-3/h7H,4-6H2,1-3H3,(H,13,14). The van der Waals surface area contributed by atoms with Crippen LogP contribution in [-0.4, -0.2) is 47.6 Å². The summed E-state index contributed by atoms with van der Waals surface area (Å²) in [5.41, 5.74) is -0.827. The van der Waals surface area contributed by atoms with E-state index in [1.54, 1.807) is 13.8 Å². The molecule has 1 unspecified atom stereocenters. The molecule has 6 heteroatoms. The topological polar surface area (TPSA) is 76.1 Å². The number of carbonyl (C=O) groups is 2. The molecule has 1 heterocycles. The summed E-state index contributed by atoms with van der Waals surface area (Å²) in [4.78, 5) is 23.3. The van der Waals surface area contributed by atoms with Gasteiger partial charge in [0.25, 0.3) is 0 Å². The molecule has 0 radical (unpaired) electrons. The third kappa shape index (κ3) is 2.63. The zero-order valence-electron chi connectivity index (χ0n) is 9.73. The maximum absolute atomic E-state index is 11.1. The van der Waals surface area contributed by atoms with Crippen molar-refractivity contribution >= 4 is 12.1 Å². The van der Waals surface area contributed by atoms with Crippen molar-refractivity contribution in [3.05, 3.63) is 0 Å². The van der Waals surface area contributed by atoms with E-state index in [9.17, 15) is 9.59 Å². The molecule has 0 aliphatic carbocycles. The molecule has 0 bridgehead atoms. The van der Waals surface area contributed by atoms with Gasteiger partial charge in [0, 0.05) is 6.42 Å². The van der Waals surface area contributed by atoms with Gasteiger partial charge in [0.15, 0.2) is 0 Å². The smallest absolute Gasteiger partial charge is 0.409 e. The second-order valence-electron chi connectivity index (χ2n) is 4.18. The van der Waals surface area contributed by atoms with Crippen LogP contribution in [0.15, 0.2) is 0 Å². The lowest BCUT2D eigenvalue weighted by Crippen LogP contribution is -2.47. The summed E-state index contributed by atoms with van der Waals surface area (Å²) < 4.78 is 9.90. The normalized spacial score (nSPS) is 23.2. The number of ether oxygens (including phenoxy) is 2. The van der Waals surface area contributed by atoms with Crippen LogP contribution >= 0.6 is 0 Å². The molecule has 16 heavy (non-hydrogen) atoms. The molecule has 0 spiro atoms. The summed E-state index contributed by atoms with van der Waals surface area (Å²) in [6, 6.07) is -0.286. The van der Waals surface area contributed by atoms with E-state index in [2.05, 4.69) is 4.74 Å². The SMILES string of the molecule is COC(=O)CCC1COC(C)(C)N1C(=O)O. The summed E-state index contributed by atoms with van der Waals surface area (Å²) in [7, 11) is 1.31. The number of rotatable bonds is 3. The van der Waals surface area contributed by atoms with Gasteiger partial charge in [0.05, 0.1) is 19.8 Å². The Morgan fingerprint density at radius 1 is 1.56 bits per heavy atom. The van der Waals surface area contributed by atoms with Crippen molar-refractivity contribution in [1.82, 2.24) is 4.90 Å². The Balaban J connectivity index is 2.60. The molecule has 0 aromatic rings. The maximum atomic E-state index is 11.1. The van der Waals surface area contributed by atoms with Gasteiger partial charge >= 0.3 is 12.1 Å². The van der Waals surface area contributed by atoms with Gasteiger partial charge in [-0.2, -0.15) is 0 Å². The second-order valence-corrected chi connectivity index (χ2v) is 4.18. The Hall–Kier alpha value is -1.30. The first-order chi connectivity index (χ1) is 7.38. The summed E-state index contributed by atoms with van der Waals surface area (Å²) in [5.74, 6) is -0.338. The lowest BCUT2D eigenvalue weighted by atomic mass is 10.1. The van der Waals surface area contributed by atoms with Gasteiger partial charge in [0.2, 0.25) is 0 Å². The van der Waals surface area contributed by atoms with Crippen molar-refractivity contribution in [2.45, 2.75) is 38.5 Å². The largest absolute Gasteiger partial charge is 0.469 e. The minimum atomic E-state index is -1.03. The van der Waals surface area contributed by atoms with Gasteiger partial charge in [-0.1, -0.05) is 0 Å². The molecule has 1 aliphatic heterocycles. The van der Waals surface area contributed by atoms with E-state index in [0.29, 0.717) is 13.0 Å². The Morgan fingerprint density at radius 3 is 2.69 bits per heavy atom. The van der Waals surface area contributed by atoms with Gasteiger partial charge in [-0.25, -0.2) is 4.79 Å². The molecule has 0 aromatic carbocycles. The van der Waals surface area contributed by atoms with Crippen molar-refractivity contribution in [2.75, 3.05) is 13.7 Å². The van der Waals surface area contributed by atoms with E-state index in [4.69, 9.17) is 9.84 Å². The monoisotopic (exact) mass is 231 g/mol. The Kier molecular flexibility index (Phi) is 3.74. The highest BCUT2D eigenvalue weighted by molar-refractivity contribution is 5.70. The lowest BCUT2D eigenvalue weighted by molar-refractivity contribution is -0.141. The Bertz CT molecular complexity index is 289. The predicted molar refractivity (Wildman–Crippen MR) is 54.9 cm³/mol. The minimum absolute atomic E-state index is 0.199. The molecule has 6 nitrogen and oxygen atoms in total. The van der Waals surface area contributed by atoms with E-state index in [1.807, 2.05) is 0 Å². The highest BCUT2D eigenvalue weighted by Gasteiger charge is 2.43. The van der Waals surface area contributed by atoms with E-state index >= 15 is 0 Å². The molecule has 1 N–H and O–H groups in total. The molecule has 1 aliphatic rings. The number of hydrogen-bond donors (Lipinski definition) is 1. The Labute approximate surface area is 94.1 Å². The third-order valence-electron chi connectivity index (χ3n) is 2.69. The van der Waals surface area contributed by atoms with Gasteiger partial charge in [-0.3, -0.25) is 9.69 Å². The number of hydrogen-bond acceptors (Lipinski definition) is 4.